The zero-order chi connectivity index (χ0) is 16.0. The fourth-order valence-corrected chi connectivity index (χ4v) is 2.39. The molecule has 1 aromatic rings. The predicted octanol–water partition coefficient (Wildman–Crippen LogP) is 2.18. The topological polar surface area (TPSA) is 64.8 Å². The lowest BCUT2D eigenvalue weighted by molar-refractivity contribution is -0.135. The van der Waals surface area contributed by atoms with Crippen molar-refractivity contribution in [3.63, 3.8) is 0 Å². The lowest BCUT2D eigenvalue weighted by Gasteiger charge is -2.29. The number of nitrogens with two attached hydrogens (primary N) is 1. The van der Waals surface area contributed by atoms with Crippen LogP contribution in [-0.4, -0.2) is 37.6 Å². The van der Waals surface area contributed by atoms with E-state index in [9.17, 15) is 4.79 Å². The monoisotopic (exact) mass is 294 g/mol. The average Bonchev–Trinajstić information content (AvgIpc) is 2.46. The van der Waals surface area contributed by atoms with Crippen molar-refractivity contribution in [1.82, 2.24) is 4.90 Å². The number of hydrogen-bond acceptors (Lipinski definition) is 4. The summed E-state index contributed by atoms with van der Waals surface area (Å²) in [7, 11) is 4.95. The highest BCUT2D eigenvalue weighted by molar-refractivity contribution is 5.85. The van der Waals surface area contributed by atoms with E-state index in [1.54, 1.807) is 33.1 Å². The Labute approximate surface area is 127 Å². The van der Waals surface area contributed by atoms with E-state index in [0.29, 0.717) is 24.5 Å². The zero-order valence-electron chi connectivity index (χ0n) is 13.6. The van der Waals surface area contributed by atoms with E-state index in [1.165, 1.54) is 0 Å². The number of rotatable bonds is 7. The van der Waals surface area contributed by atoms with Gasteiger partial charge in [-0.15, -0.1) is 0 Å². The minimum absolute atomic E-state index is 0.0564. The van der Waals surface area contributed by atoms with Gasteiger partial charge in [-0.25, -0.2) is 0 Å². The van der Waals surface area contributed by atoms with Crippen molar-refractivity contribution in [1.29, 1.82) is 0 Å². The summed E-state index contributed by atoms with van der Waals surface area (Å²) in [5.41, 5.74) is 6.24. The molecule has 1 atom stereocenters. The Morgan fingerprint density at radius 1 is 1.29 bits per heavy atom. The Morgan fingerprint density at radius 3 is 2.43 bits per heavy atom. The number of carbonyl (C=O) groups is 1. The van der Waals surface area contributed by atoms with Gasteiger partial charge in [-0.2, -0.15) is 0 Å². The Morgan fingerprint density at radius 2 is 1.90 bits per heavy atom. The summed E-state index contributed by atoms with van der Waals surface area (Å²) in [4.78, 5) is 14.0. The molecule has 0 radical (unpaired) electrons. The maximum Gasteiger partial charge on any atom is 0.242 e. The summed E-state index contributed by atoms with van der Waals surface area (Å²) < 4.78 is 10.5. The molecule has 0 saturated carbocycles. The van der Waals surface area contributed by atoms with E-state index < -0.39 is 5.54 Å². The van der Waals surface area contributed by atoms with Crippen LogP contribution in [0.4, 0.5) is 0 Å². The lowest BCUT2D eigenvalue weighted by atomic mass is 9.95. The second kappa shape index (κ2) is 7.31. The SMILES string of the molecule is CCCC(C)(N)C(=O)N(C)Cc1ccc(OC)c(OC)c1. The van der Waals surface area contributed by atoms with Gasteiger partial charge in [0.05, 0.1) is 19.8 Å². The van der Waals surface area contributed by atoms with Crippen LogP contribution >= 0.6 is 0 Å². The molecule has 1 aromatic carbocycles. The van der Waals surface area contributed by atoms with Crippen LogP contribution in [-0.2, 0) is 11.3 Å². The lowest BCUT2D eigenvalue weighted by Crippen LogP contribution is -2.51. The van der Waals surface area contributed by atoms with E-state index >= 15 is 0 Å². The summed E-state index contributed by atoms with van der Waals surface area (Å²) in [6, 6.07) is 5.62. The molecule has 0 aromatic heterocycles. The number of methoxy groups -OCH3 is 2. The molecule has 0 spiro atoms. The van der Waals surface area contributed by atoms with Crippen LogP contribution in [0.2, 0.25) is 0 Å². The third kappa shape index (κ3) is 4.36. The predicted molar refractivity (Wildman–Crippen MR) is 83.5 cm³/mol. The van der Waals surface area contributed by atoms with Crippen LogP contribution < -0.4 is 15.2 Å². The molecule has 0 aliphatic rings. The molecule has 0 aliphatic carbocycles. The van der Waals surface area contributed by atoms with Gasteiger partial charge in [0.2, 0.25) is 5.91 Å². The quantitative estimate of drug-likeness (QED) is 0.837. The van der Waals surface area contributed by atoms with Crippen molar-refractivity contribution in [3.05, 3.63) is 23.8 Å². The summed E-state index contributed by atoms with van der Waals surface area (Å²) in [5, 5.41) is 0. The molecule has 1 unspecified atom stereocenters. The average molecular weight is 294 g/mol. The highest BCUT2D eigenvalue weighted by Crippen LogP contribution is 2.28. The van der Waals surface area contributed by atoms with Gasteiger partial charge in [0.1, 0.15) is 0 Å². The first-order valence-electron chi connectivity index (χ1n) is 7.11. The number of likely N-dealkylation sites (N-methyl/N-ethyl adjacent to an activating group) is 1. The minimum atomic E-state index is -0.819. The largest absolute Gasteiger partial charge is 0.493 e. The fourth-order valence-electron chi connectivity index (χ4n) is 2.39. The number of carbonyl (C=O) groups excluding carboxylic acids is 1. The molecule has 5 nitrogen and oxygen atoms in total. The Kier molecular flexibility index (Phi) is 6.03. The van der Waals surface area contributed by atoms with E-state index in [2.05, 4.69) is 0 Å². The number of amides is 1. The molecule has 5 heteroatoms. The van der Waals surface area contributed by atoms with Gasteiger partial charge in [0, 0.05) is 13.6 Å². The van der Waals surface area contributed by atoms with E-state index in [0.717, 1.165) is 12.0 Å². The van der Waals surface area contributed by atoms with Crippen LogP contribution in [0.3, 0.4) is 0 Å². The number of benzene rings is 1. The van der Waals surface area contributed by atoms with Crippen molar-refractivity contribution in [2.45, 2.75) is 38.8 Å². The molecular formula is C16H26N2O3. The Hall–Kier alpha value is -1.75. The molecule has 0 heterocycles. The maximum atomic E-state index is 12.4. The smallest absolute Gasteiger partial charge is 0.242 e. The van der Waals surface area contributed by atoms with Crippen LogP contribution in [0.25, 0.3) is 0 Å². The first kappa shape index (κ1) is 17.3. The standard InChI is InChI=1S/C16H26N2O3/c1-6-9-16(2,17)15(19)18(3)11-12-7-8-13(20-4)14(10-12)21-5/h7-8,10H,6,9,11,17H2,1-5H3. The summed E-state index contributed by atoms with van der Waals surface area (Å²) >= 11 is 0. The summed E-state index contributed by atoms with van der Waals surface area (Å²) in [6.07, 6.45) is 1.55. The number of ether oxygens (including phenoxy) is 2. The Balaban J connectivity index is 2.83. The minimum Gasteiger partial charge on any atom is -0.493 e. The van der Waals surface area contributed by atoms with Gasteiger partial charge < -0.3 is 20.1 Å². The van der Waals surface area contributed by atoms with Gasteiger partial charge in [-0.05, 0) is 31.0 Å². The molecule has 1 amide bonds. The molecule has 2 N–H and O–H groups in total. The normalized spacial score (nSPS) is 13.4. The van der Waals surface area contributed by atoms with Crippen LogP contribution in [0, 0.1) is 0 Å². The highest BCUT2D eigenvalue weighted by atomic mass is 16.5. The summed E-state index contributed by atoms with van der Waals surface area (Å²) in [6.45, 7) is 4.28. The molecule has 21 heavy (non-hydrogen) atoms. The Bertz CT molecular complexity index is 486. The van der Waals surface area contributed by atoms with Crippen molar-refractivity contribution >= 4 is 5.91 Å². The molecule has 118 valence electrons. The molecule has 0 aliphatic heterocycles. The third-order valence-electron chi connectivity index (χ3n) is 3.47. The van der Waals surface area contributed by atoms with E-state index in [-0.39, 0.29) is 5.91 Å². The van der Waals surface area contributed by atoms with Gasteiger partial charge in [0.15, 0.2) is 11.5 Å². The first-order chi connectivity index (χ1) is 9.85. The van der Waals surface area contributed by atoms with E-state index in [1.807, 2.05) is 25.1 Å². The second-order valence-corrected chi connectivity index (χ2v) is 5.52. The van der Waals surface area contributed by atoms with Gasteiger partial charge in [-0.3, -0.25) is 4.79 Å². The molecule has 0 saturated heterocycles. The van der Waals surface area contributed by atoms with Crippen molar-refractivity contribution in [2.75, 3.05) is 21.3 Å². The zero-order valence-corrected chi connectivity index (χ0v) is 13.6. The van der Waals surface area contributed by atoms with Crippen molar-refractivity contribution in [2.24, 2.45) is 5.73 Å². The summed E-state index contributed by atoms with van der Waals surface area (Å²) in [5.74, 6) is 1.27. The second-order valence-electron chi connectivity index (χ2n) is 5.52. The third-order valence-corrected chi connectivity index (χ3v) is 3.47. The molecule has 1 rings (SSSR count). The first-order valence-corrected chi connectivity index (χ1v) is 7.11. The number of nitrogens with zero attached hydrogens (tertiary/aromatic N) is 1. The van der Waals surface area contributed by atoms with Gasteiger partial charge in [-0.1, -0.05) is 19.4 Å². The molecule has 0 fully saturated rings. The maximum absolute atomic E-state index is 12.4. The van der Waals surface area contributed by atoms with Crippen LogP contribution in [0.5, 0.6) is 11.5 Å². The van der Waals surface area contributed by atoms with E-state index in [4.69, 9.17) is 15.2 Å². The molecule has 0 bridgehead atoms. The van der Waals surface area contributed by atoms with Crippen molar-refractivity contribution < 1.29 is 14.3 Å². The van der Waals surface area contributed by atoms with Gasteiger partial charge in [0.25, 0.3) is 0 Å². The van der Waals surface area contributed by atoms with Crippen molar-refractivity contribution in [3.8, 4) is 11.5 Å². The molecular weight excluding hydrogens is 268 g/mol. The van der Waals surface area contributed by atoms with Crippen LogP contribution in [0.1, 0.15) is 32.3 Å². The highest BCUT2D eigenvalue weighted by Gasteiger charge is 2.30. The number of hydrogen-bond donors (Lipinski definition) is 1. The van der Waals surface area contributed by atoms with Gasteiger partial charge >= 0.3 is 0 Å². The fraction of sp³-hybridized carbons (Fsp3) is 0.562. The van der Waals surface area contributed by atoms with Crippen LogP contribution in [0.15, 0.2) is 18.2 Å².